The van der Waals surface area contributed by atoms with Crippen molar-refractivity contribution in [2.75, 3.05) is 0 Å². The number of hydrogen-bond donors (Lipinski definition) is 3. The predicted molar refractivity (Wildman–Crippen MR) is 75.7 cm³/mol. The molecule has 1 aliphatic carbocycles. The normalized spacial score (nSPS) is 13.5. The summed E-state index contributed by atoms with van der Waals surface area (Å²) in [6, 6.07) is 3.78. The van der Waals surface area contributed by atoms with E-state index < -0.39 is 0 Å². The molecule has 1 amide bonds. The smallest absolute Gasteiger partial charge is 0.272 e. The quantitative estimate of drug-likeness (QED) is 0.669. The summed E-state index contributed by atoms with van der Waals surface area (Å²) in [6.45, 7) is 0.378. The minimum absolute atomic E-state index is 0.152. The molecule has 0 saturated carbocycles. The molecule has 0 fully saturated rings. The maximum absolute atomic E-state index is 12.3. The highest BCUT2D eigenvalue weighted by Gasteiger charge is 2.22. The molecule has 0 spiro atoms. The molecule has 0 saturated heterocycles. The van der Waals surface area contributed by atoms with Crippen molar-refractivity contribution in [3.8, 4) is 0 Å². The van der Waals surface area contributed by atoms with Gasteiger partial charge in [-0.2, -0.15) is 10.2 Å². The molecular formula is C14H14N6O. The van der Waals surface area contributed by atoms with Crippen LogP contribution in [0.5, 0.6) is 0 Å². The number of pyridine rings is 1. The summed E-state index contributed by atoms with van der Waals surface area (Å²) in [6.07, 6.45) is 4.68. The van der Waals surface area contributed by atoms with Gasteiger partial charge in [0.05, 0.1) is 12.2 Å². The van der Waals surface area contributed by atoms with E-state index in [2.05, 4.69) is 30.7 Å². The van der Waals surface area contributed by atoms with Gasteiger partial charge in [-0.1, -0.05) is 0 Å². The van der Waals surface area contributed by atoms with E-state index in [-0.39, 0.29) is 5.91 Å². The van der Waals surface area contributed by atoms with Crippen LogP contribution in [0.1, 0.15) is 33.9 Å². The molecule has 0 aliphatic heterocycles. The first-order valence-corrected chi connectivity index (χ1v) is 6.95. The second kappa shape index (κ2) is 4.69. The zero-order chi connectivity index (χ0) is 14.2. The van der Waals surface area contributed by atoms with E-state index in [0.29, 0.717) is 17.9 Å². The number of carbonyl (C=O) groups excluding carboxylic acids is 1. The number of H-pyrrole nitrogens is 2. The summed E-state index contributed by atoms with van der Waals surface area (Å²) in [4.78, 5) is 16.4. The van der Waals surface area contributed by atoms with Crippen molar-refractivity contribution in [1.82, 2.24) is 30.7 Å². The van der Waals surface area contributed by atoms with Crippen LogP contribution in [-0.2, 0) is 19.4 Å². The van der Waals surface area contributed by atoms with Crippen molar-refractivity contribution in [2.24, 2.45) is 0 Å². The third-order valence-electron chi connectivity index (χ3n) is 3.86. The van der Waals surface area contributed by atoms with Crippen LogP contribution in [0.4, 0.5) is 0 Å². The van der Waals surface area contributed by atoms with Crippen LogP contribution in [0.2, 0.25) is 0 Å². The number of carbonyl (C=O) groups is 1. The fraction of sp³-hybridized carbons (Fsp3) is 0.286. The molecule has 0 radical (unpaired) electrons. The largest absolute Gasteiger partial charge is 0.345 e. The Morgan fingerprint density at radius 2 is 2.24 bits per heavy atom. The fourth-order valence-corrected chi connectivity index (χ4v) is 2.80. The van der Waals surface area contributed by atoms with Crippen molar-refractivity contribution in [1.29, 1.82) is 0 Å². The van der Waals surface area contributed by atoms with Gasteiger partial charge in [-0.15, -0.1) is 0 Å². The monoisotopic (exact) mass is 282 g/mol. The Bertz CT molecular complexity index is 818. The Morgan fingerprint density at radius 1 is 1.29 bits per heavy atom. The molecule has 7 heteroatoms. The number of hydrogen-bond acceptors (Lipinski definition) is 4. The highest BCUT2D eigenvalue weighted by atomic mass is 16.1. The van der Waals surface area contributed by atoms with Crippen LogP contribution in [0.25, 0.3) is 11.0 Å². The van der Waals surface area contributed by atoms with Crippen LogP contribution >= 0.6 is 0 Å². The molecule has 7 nitrogen and oxygen atoms in total. The van der Waals surface area contributed by atoms with Gasteiger partial charge in [-0.3, -0.25) is 15.0 Å². The summed E-state index contributed by atoms with van der Waals surface area (Å²) < 4.78 is 0. The van der Waals surface area contributed by atoms with Crippen molar-refractivity contribution in [2.45, 2.75) is 25.8 Å². The second-order valence-corrected chi connectivity index (χ2v) is 5.14. The maximum atomic E-state index is 12.3. The first-order valence-electron chi connectivity index (χ1n) is 6.95. The lowest BCUT2D eigenvalue weighted by Crippen LogP contribution is -2.24. The Kier molecular flexibility index (Phi) is 2.70. The molecule has 0 aromatic carbocycles. The van der Waals surface area contributed by atoms with E-state index in [9.17, 15) is 4.79 Å². The van der Waals surface area contributed by atoms with Crippen LogP contribution < -0.4 is 5.32 Å². The average molecular weight is 282 g/mol. The van der Waals surface area contributed by atoms with Gasteiger partial charge in [0, 0.05) is 22.8 Å². The van der Waals surface area contributed by atoms with Crippen molar-refractivity contribution in [3.05, 3.63) is 41.0 Å². The summed E-state index contributed by atoms with van der Waals surface area (Å²) in [7, 11) is 0. The zero-order valence-electron chi connectivity index (χ0n) is 11.3. The molecule has 21 heavy (non-hydrogen) atoms. The molecule has 3 N–H and O–H groups in total. The van der Waals surface area contributed by atoms with Crippen molar-refractivity contribution in [3.63, 3.8) is 0 Å². The Balaban J connectivity index is 1.52. The zero-order valence-corrected chi connectivity index (χ0v) is 11.3. The third-order valence-corrected chi connectivity index (χ3v) is 3.86. The Morgan fingerprint density at radius 3 is 3.19 bits per heavy atom. The maximum Gasteiger partial charge on any atom is 0.272 e. The molecule has 1 aliphatic rings. The van der Waals surface area contributed by atoms with Crippen LogP contribution in [0.15, 0.2) is 18.3 Å². The van der Waals surface area contributed by atoms with Crippen molar-refractivity contribution >= 4 is 16.9 Å². The van der Waals surface area contributed by atoms with Gasteiger partial charge in [0.2, 0.25) is 0 Å². The van der Waals surface area contributed by atoms with Crippen molar-refractivity contribution < 1.29 is 4.79 Å². The molecule has 3 heterocycles. The molecule has 3 aromatic rings. The van der Waals surface area contributed by atoms with E-state index in [4.69, 9.17) is 0 Å². The van der Waals surface area contributed by atoms with Gasteiger partial charge in [-0.05, 0) is 31.4 Å². The van der Waals surface area contributed by atoms with Gasteiger partial charge in [-0.25, -0.2) is 4.98 Å². The molecule has 0 bridgehead atoms. The van der Waals surface area contributed by atoms with E-state index in [1.54, 1.807) is 6.20 Å². The first kappa shape index (κ1) is 12.1. The number of aryl methyl sites for hydroxylation is 1. The van der Waals surface area contributed by atoms with Gasteiger partial charge >= 0.3 is 0 Å². The lowest BCUT2D eigenvalue weighted by Gasteiger charge is -2.03. The van der Waals surface area contributed by atoms with E-state index >= 15 is 0 Å². The van der Waals surface area contributed by atoms with Crippen LogP contribution in [-0.4, -0.2) is 31.3 Å². The fourth-order valence-electron chi connectivity index (χ4n) is 2.80. The number of aromatic amines is 2. The summed E-state index contributed by atoms with van der Waals surface area (Å²) in [5, 5.41) is 17.9. The highest BCUT2D eigenvalue weighted by molar-refractivity contribution is 5.94. The number of amides is 1. The third kappa shape index (κ3) is 1.97. The van der Waals surface area contributed by atoms with Gasteiger partial charge in [0.15, 0.2) is 11.3 Å². The van der Waals surface area contributed by atoms with E-state index in [1.165, 1.54) is 0 Å². The lowest BCUT2D eigenvalue weighted by atomic mass is 10.2. The Hall–Kier alpha value is -2.70. The minimum atomic E-state index is -0.152. The number of nitrogens with one attached hydrogen (secondary N) is 3. The van der Waals surface area contributed by atoms with Gasteiger partial charge in [0.25, 0.3) is 5.91 Å². The summed E-state index contributed by atoms with van der Waals surface area (Å²) in [5.74, 6) is -0.152. The van der Waals surface area contributed by atoms with E-state index in [0.717, 1.165) is 41.6 Å². The Labute approximate surface area is 120 Å². The average Bonchev–Trinajstić information content (AvgIpc) is 3.19. The topological polar surface area (TPSA) is 99.3 Å². The number of rotatable bonds is 3. The summed E-state index contributed by atoms with van der Waals surface area (Å²) in [5.41, 5.74) is 4.17. The number of aromatic nitrogens is 5. The SMILES string of the molecule is O=C(NCc1[nH]nc2ncccc12)c1n[nH]c2c1CCC2. The molecule has 0 unspecified atom stereocenters. The molecule has 4 rings (SSSR count). The molecule has 106 valence electrons. The van der Waals surface area contributed by atoms with Gasteiger partial charge in [0.1, 0.15) is 0 Å². The first-order chi connectivity index (χ1) is 10.3. The van der Waals surface area contributed by atoms with Gasteiger partial charge < -0.3 is 5.32 Å². The summed E-state index contributed by atoms with van der Waals surface area (Å²) >= 11 is 0. The highest BCUT2D eigenvalue weighted by Crippen LogP contribution is 2.22. The standard InChI is InChI=1S/C14H14N6O/c21-14(12-8-3-1-5-10(8)17-19-12)16-7-11-9-4-2-6-15-13(9)20-18-11/h2,4,6H,1,3,5,7H2,(H,16,21)(H,17,19)(H,15,18,20). The van der Waals surface area contributed by atoms with Crippen LogP contribution in [0, 0.1) is 0 Å². The second-order valence-electron chi connectivity index (χ2n) is 5.14. The minimum Gasteiger partial charge on any atom is -0.345 e. The van der Waals surface area contributed by atoms with Crippen LogP contribution in [0.3, 0.4) is 0 Å². The number of nitrogens with zero attached hydrogens (tertiary/aromatic N) is 3. The molecule has 3 aromatic heterocycles. The van der Waals surface area contributed by atoms with E-state index in [1.807, 2.05) is 12.1 Å². The predicted octanol–water partition coefficient (Wildman–Crippen LogP) is 1.10. The molecular weight excluding hydrogens is 268 g/mol. The lowest BCUT2D eigenvalue weighted by molar-refractivity contribution is 0.0944. The molecule has 0 atom stereocenters. The number of fused-ring (bicyclic) bond motifs is 2.